The number of halogens is 1. The Kier molecular flexibility index (Phi) is 6.39. The van der Waals surface area contributed by atoms with Crippen LogP contribution in [0, 0.1) is 0 Å². The van der Waals surface area contributed by atoms with Crippen molar-refractivity contribution in [3.63, 3.8) is 0 Å². The number of allylic oxidation sites excluding steroid dienone is 4. The number of hydrogen-bond donors (Lipinski definition) is 1. The minimum absolute atomic E-state index is 0.219. The summed E-state index contributed by atoms with van der Waals surface area (Å²) >= 11 is 3.43. The Balaban J connectivity index is 3.39. The van der Waals surface area contributed by atoms with Gasteiger partial charge in [0.05, 0.1) is 15.9 Å². The minimum Gasteiger partial charge on any atom is -0.507 e. The standard InChI is InChI=1S/C16H19BrN2O/c1-11(2)9-15(13-7-5-6-8-16(13)20)19-12(3)14(17)10-18-4/h5-10,20H,1-4H3/b14-12-,18-10?,19-15?. The number of para-hydroxylation sites is 1. The quantitative estimate of drug-likeness (QED) is 0.811. The fourth-order valence-corrected chi connectivity index (χ4v) is 1.87. The lowest BCUT2D eigenvalue weighted by molar-refractivity contribution is 0.474. The summed E-state index contributed by atoms with van der Waals surface area (Å²) in [5.74, 6) is 0.219. The van der Waals surface area contributed by atoms with E-state index in [0.717, 1.165) is 21.5 Å². The third-order valence-electron chi connectivity index (χ3n) is 2.48. The van der Waals surface area contributed by atoms with Crippen LogP contribution in [0.2, 0.25) is 0 Å². The Bertz CT molecular complexity index is 594. The lowest BCUT2D eigenvalue weighted by Crippen LogP contribution is -1.99. The van der Waals surface area contributed by atoms with Crippen LogP contribution < -0.4 is 0 Å². The maximum atomic E-state index is 9.98. The lowest BCUT2D eigenvalue weighted by Gasteiger charge is -2.06. The zero-order valence-electron chi connectivity index (χ0n) is 12.2. The van der Waals surface area contributed by atoms with Crippen molar-refractivity contribution in [3.05, 3.63) is 51.7 Å². The van der Waals surface area contributed by atoms with Crippen molar-refractivity contribution in [2.24, 2.45) is 9.98 Å². The van der Waals surface area contributed by atoms with Gasteiger partial charge in [-0.1, -0.05) is 17.7 Å². The molecule has 0 bridgehead atoms. The molecule has 1 aromatic carbocycles. The normalized spacial score (nSPS) is 13.3. The number of aliphatic imine (C=N–C) groups is 2. The van der Waals surface area contributed by atoms with Crippen molar-refractivity contribution in [2.45, 2.75) is 20.8 Å². The van der Waals surface area contributed by atoms with Gasteiger partial charge >= 0.3 is 0 Å². The molecule has 0 fully saturated rings. The van der Waals surface area contributed by atoms with Gasteiger partial charge in [-0.25, -0.2) is 0 Å². The summed E-state index contributed by atoms with van der Waals surface area (Å²) in [6, 6.07) is 7.18. The van der Waals surface area contributed by atoms with E-state index in [-0.39, 0.29) is 5.75 Å². The van der Waals surface area contributed by atoms with E-state index in [1.165, 1.54) is 0 Å². The molecule has 3 nitrogen and oxygen atoms in total. The van der Waals surface area contributed by atoms with Crippen LogP contribution in [0.25, 0.3) is 0 Å². The van der Waals surface area contributed by atoms with E-state index in [4.69, 9.17) is 0 Å². The van der Waals surface area contributed by atoms with Gasteiger partial charge in [0.1, 0.15) is 5.75 Å². The van der Waals surface area contributed by atoms with Gasteiger partial charge < -0.3 is 5.11 Å². The molecule has 0 aliphatic heterocycles. The molecule has 0 atom stereocenters. The Morgan fingerprint density at radius 1 is 1.20 bits per heavy atom. The molecule has 0 radical (unpaired) electrons. The Morgan fingerprint density at radius 2 is 1.85 bits per heavy atom. The third-order valence-corrected chi connectivity index (χ3v) is 3.26. The fourth-order valence-electron chi connectivity index (χ4n) is 1.57. The molecule has 0 saturated carbocycles. The summed E-state index contributed by atoms with van der Waals surface area (Å²) in [5, 5.41) is 9.98. The largest absolute Gasteiger partial charge is 0.507 e. The first-order valence-corrected chi connectivity index (χ1v) is 7.05. The SMILES string of the molecule is CN=C/C(Br)=C(\C)N=C(C=C(C)C)c1ccccc1O. The van der Waals surface area contributed by atoms with E-state index < -0.39 is 0 Å². The molecule has 0 aliphatic rings. The second kappa shape index (κ2) is 7.80. The average Bonchev–Trinajstić information content (AvgIpc) is 2.38. The Labute approximate surface area is 128 Å². The van der Waals surface area contributed by atoms with Crippen molar-refractivity contribution in [3.8, 4) is 5.75 Å². The molecule has 0 spiro atoms. The molecule has 0 aromatic heterocycles. The van der Waals surface area contributed by atoms with Gasteiger partial charge in [-0.05, 0) is 54.9 Å². The van der Waals surface area contributed by atoms with E-state index in [9.17, 15) is 5.11 Å². The molecule has 1 aromatic rings. The molecule has 20 heavy (non-hydrogen) atoms. The summed E-state index contributed by atoms with van der Waals surface area (Å²) in [6.45, 7) is 5.89. The molecule has 0 aliphatic carbocycles. The highest BCUT2D eigenvalue weighted by atomic mass is 79.9. The number of nitrogens with zero attached hydrogens (tertiary/aromatic N) is 2. The highest BCUT2D eigenvalue weighted by molar-refractivity contribution is 9.12. The summed E-state index contributed by atoms with van der Waals surface area (Å²) in [6.07, 6.45) is 3.64. The highest BCUT2D eigenvalue weighted by Crippen LogP contribution is 2.20. The Hall–Kier alpha value is -1.68. The molecule has 0 saturated heterocycles. The summed E-state index contributed by atoms with van der Waals surface area (Å²) in [7, 11) is 1.71. The fraction of sp³-hybridized carbons (Fsp3) is 0.250. The highest BCUT2D eigenvalue weighted by Gasteiger charge is 2.07. The van der Waals surface area contributed by atoms with E-state index >= 15 is 0 Å². The molecule has 4 heteroatoms. The van der Waals surface area contributed by atoms with Crippen molar-refractivity contribution < 1.29 is 5.11 Å². The molecule has 106 valence electrons. The monoisotopic (exact) mass is 334 g/mol. The predicted molar refractivity (Wildman–Crippen MR) is 90.1 cm³/mol. The number of phenolic OH excluding ortho intramolecular Hbond substituents is 1. The van der Waals surface area contributed by atoms with Crippen molar-refractivity contribution in [1.29, 1.82) is 0 Å². The van der Waals surface area contributed by atoms with Gasteiger partial charge in [0.2, 0.25) is 0 Å². The molecule has 0 amide bonds. The van der Waals surface area contributed by atoms with Crippen LogP contribution in [-0.4, -0.2) is 24.1 Å². The zero-order valence-corrected chi connectivity index (χ0v) is 13.8. The third kappa shape index (κ3) is 4.78. The number of hydrogen-bond acceptors (Lipinski definition) is 3. The van der Waals surface area contributed by atoms with Crippen molar-refractivity contribution >= 4 is 27.9 Å². The lowest BCUT2D eigenvalue weighted by atomic mass is 10.1. The van der Waals surface area contributed by atoms with Crippen LogP contribution in [0.4, 0.5) is 0 Å². The molecule has 1 rings (SSSR count). The van der Waals surface area contributed by atoms with E-state index in [1.807, 2.05) is 39.0 Å². The van der Waals surface area contributed by atoms with Crippen LogP contribution >= 0.6 is 15.9 Å². The molecule has 1 N–H and O–H groups in total. The van der Waals surface area contributed by atoms with Crippen LogP contribution in [0.15, 0.2) is 56.1 Å². The van der Waals surface area contributed by atoms with E-state index in [0.29, 0.717) is 5.56 Å². The maximum absolute atomic E-state index is 9.98. The summed E-state index contributed by atoms with van der Waals surface area (Å²) in [4.78, 5) is 8.54. The molecule has 0 heterocycles. The van der Waals surface area contributed by atoms with Gasteiger partial charge in [0.15, 0.2) is 0 Å². The molecule has 0 unspecified atom stereocenters. The average molecular weight is 335 g/mol. The van der Waals surface area contributed by atoms with E-state index in [2.05, 4.69) is 25.9 Å². The van der Waals surface area contributed by atoms with Gasteiger partial charge in [-0.2, -0.15) is 0 Å². The van der Waals surface area contributed by atoms with Crippen molar-refractivity contribution in [2.75, 3.05) is 7.05 Å². The van der Waals surface area contributed by atoms with Gasteiger partial charge in [0.25, 0.3) is 0 Å². The van der Waals surface area contributed by atoms with Gasteiger partial charge in [0, 0.05) is 18.8 Å². The summed E-state index contributed by atoms with van der Waals surface area (Å²) < 4.78 is 0.815. The van der Waals surface area contributed by atoms with Crippen LogP contribution in [0.5, 0.6) is 5.75 Å². The second-order valence-electron chi connectivity index (χ2n) is 4.56. The second-order valence-corrected chi connectivity index (χ2v) is 5.41. The van der Waals surface area contributed by atoms with Gasteiger partial charge in [-0.15, -0.1) is 0 Å². The van der Waals surface area contributed by atoms with Gasteiger partial charge in [-0.3, -0.25) is 9.98 Å². The molecular weight excluding hydrogens is 316 g/mol. The molecular formula is C16H19BrN2O. The maximum Gasteiger partial charge on any atom is 0.124 e. The summed E-state index contributed by atoms with van der Waals surface area (Å²) in [5.41, 5.74) is 3.34. The van der Waals surface area contributed by atoms with E-state index in [1.54, 1.807) is 25.4 Å². The topological polar surface area (TPSA) is 45.0 Å². The van der Waals surface area contributed by atoms with Crippen molar-refractivity contribution in [1.82, 2.24) is 0 Å². The number of rotatable bonds is 4. The number of benzene rings is 1. The van der Waals surface area contributed by atoms with Crippen LogP contribution in [0.3, 0.4) is 0 Å². The predicted octanol–water partition coefficient (Wildman–Crippen LogP) is 4.47. The minimum atomic E-state index is 0.219. The first-order valence-electron chi connectivity index (χ1n) is 6.26. The first-order chi connectivity index (χ1) is 9.45. The number of phenols is 1. The first kappa shape index (κ1) is 16.4. The van der Waals surface area contributed by atoms with Crippen LogP contribution in [-0.2, 0) is 0 Å². The number of aromatic hydroxyl groups is 1. The smallest absolute Gasteiger partial charge is 0.124 e. The van der Waals surface area contributed by atoms with Crippen LogP contribution in [0.1, 0.15) is 26.3 Å². The zero-order chi connectivity index (χ0) is 15.1. The Morgan fingerprint density at radius 3 is 2.40 bits per heavy atom.